The maximum atomic E-state index is 2.53. The Balaban J connectivity index is 1.08. The van der Waals surface area contributed by atoms with Gasteiger partial charge in [0.2, 0.25) is 0 Å². The minimum atomic E-state index is 0.629. The number of hydrogen-bond donors (Lipinski definition) is 0. The maximum absolute atomic E-state index is 2.53. The highest BCUT2D eigenvalue weighted by atomic mass is 15.0. The Morgan fingerprint density at radius 3 is 1.39 bits per heavy atom. The molecule has 1 aliphatic carbocycles. The van der Waals surface area contributed by atoms with Crippen molar-refractivity contribution in [2.75, 3.05) is 0 Å². The SMILES string of the molecule is c1ccc(-n2c3ccc(C4CCCCC4)cc3c3cc4c(cc32)c2cc(-n3c5ccccc5c5c3ccc3c6ccccc6n(-c6ccccc6)c35)ccc2n4-c2ccccc2)cc1. The van der Waals surface area contributed by atoms with Crippen LogP contribution in [0.2, 0.25) is 0 Å². The molecule has 0 aliphatic heterocycles. The molecule has 4 heterocycles. The van der Waals surface area contributed by atoms with E-state index < -0.39 is 0 Å². The molecule has 4 aromatic heterocycles. The first-order chi connectivity index (χ1) is 31.8. The van der Waals surface area contributed by atoms with E-state index in [-0.39, 0.29) is 0 Å². The molecule has 304 valence electrons. The van der Waals surface area contributed by atoms with E-state index in [1.54, 1.807) is 0 Å². The van der Waals surface area contributed by atoms with Crippen molar-refractivity contribution in [3.8, 4) is 22.7 Å². The van der Waals surface area contributed by atoms with Gasteiger partial charge in [-0.05, 0) is 121 Å². The quantitative estimate of drug-likeness (QED) is 0.165. The molecule has 13 aromatic rings. The number of hydrogen-bond acceptors (Lipinski definition) is 0. The van der Waals surface area contributed by atoms with E-state index in [2.05, 4.69) is 218 Å². The minimum Gasteiger partial charge on any atom is -0.309 e. The summed E-state index contributed by atoms with van der Waals surface area (Å²) in [5, 5.41) is 10.1. The van der Waals surface area contributed by atoms with Gasteiger partial charge in [0.1, 0.15) is 0 Å². The van der Waals surface area contributed by atoms with Crippen molar-refractivity contribution in [2.24, 2.45) is 0 Å². The van der Waals surface area contributed by atoms with Crippen LogP contribution in [0, 0.1) is 0 Å². The molecule has 4 heteroatoms. The maximum Gasteiger partial charge on any atom is 0.0641 e. The molecule has 9 aromatic carbocycles. The van der Waals surface area contributed by atoms with Gasteiger partial charge in [0.15, 0.2) is 0 Å². The van der Waals surface area contributed by atoms with Crippen LogP contribution in [0.25, 0.3) is 110 Å². The van der Waals surface area contributed by atoms with E-state index in [0.717, 1.165) is 17.1 Å². The fourth-order valence-corrected chi connectivity index (χ4v) is 11.7. The normalized spacial score (nSPS) is 13.9. The molecule has 14 rings (SSSR count). The molecule has 4 nitrogen and oxygen atoms in total. The van der Waals surface area contributed by atoms with Gasteiger partial charge >= 0.3 is 0 Å². The highest BCUT2D eigenvalue weighted by molar-refractivity contribution is 6.26. The first-order valence-corrected chi connectivity index (χ1v) is 23.0. The van der Waals surface area contributed by atoms with Crippen LogP contribution in [0.1, 0.15) is 43.6 Å². The second kappa shape index (κ2) is 13.8. The molecule has 0 saturated heterocycles. The molecule has 0 amide bonds. The van der Waals surface area contributed by atoms with Crippen molar-refractivity contribution in [3.63, 3.8) is 0 Å². The highest BCUT2D eigenvalue weighted by Crippen LogP contribution is 2.45. The summed E-state index contributed by atoms with van der Waals surface area (Å²) in [6.45, 7) is 0. The molecule has 0 atom stereocenters. The topological polar surface area (TPSA) is 19.7 Å². The number of fused-ring (bicyclic) bond motifs is 13. The van der Waals surface area contributed by atoms with Crippen molar-refractivity contribution in [2.45, 2.75) is 38.0 Å². The third-order valence-electron chi connectivity index (χ3n) is 14.5. The lowest BCUT2D eigenvalue weighted by Gasteiger charge is -2.22. The molecule has 64 heavy (non-hydrogen) atoms. The molecular formula is C60H44N4. The van der Waals surface area contributed by atoms with Crippen LogP contribution in [0.3, 0.4) is 0 Å². The van der Waals surface area contributed by atoms with E-state index in [4.69, 9.17) is 0 Å². The monoisotopic (exact) mass is 820 g/mol. The van der Waals surface area contributed by atoms with Crippen LogP contribution < -0.4 is 0 Å². The van der Waals surface area contributed by atoms with E-state index in [9.17, 15) is 0 Å². The van der Waals surface area contributed by atoms with E-state index >= 15 is 0 Å². The summed E-state index contributed by atoms with van der Waals surface area (Å²) < 4.78 is 9.94. The van der Waals surface area contributed by atoms with Crippen LogP contribution in [0.5, 0.6) is 0 Å². The molecule has 0 unspecified atom stereocenters. The molecule has 0 N–H and O–H groups in total. The van der Waals surface area contributed by atoms with Gasteiger partial charge in [0.05, 0.1) is 44.1 Å². The van der Waals surface area contributed by atoms with Crippen molar-refractivity contribution in [3.05, 3.63) is 206 Å². The number of rotatable bonds is 5. The van der Waals surface area contributed by atoms with Crippen molar-refractivity contribution in [1.29, 1.82) is 0 Å². The van der Waals surface area contributed by atoms with Crippen LogP contribution >= 0.6 is 0 Å². The zero-order valence-electron chi connectivity index (χ0n) is 35.5. The zero-order valence-corrected chi connectivity index (χ0v) is 35.5. The third-order valence-corrected chi connectivity index (χ3v) is 14.5. The zero-order chi connectivity index (χ0) is 41.9. The first-order valence-electron chi connectivity index (χ1n) is 23.0. The van der Waals surface area contributed by atoms with Crippen molar-refractivity contribution in [1.82, 2.24) is 18.3 Å². The van der Waals surface area contributed by atoms with Crippen LogP contribution in [0.4, 0.5) is 0 Å². The summed E-state index contributed by atoms with van der Waals surface area (Å²) in [5.41, 5.74) is 15.9. The highest BCUT2D eigenvalue weighted by Gasteiger charge is 2.24. The lowest BCUT2D eigenvalue weighted by molar-refractivity contribution is 0.444. The molecule has 0 radical (unpaired) electrons. The number of para-hydroxylation sites is 5. The van der Waals surface area contributed by atoms with Crippen LogP contribution in [0.15, 0.2) is 200 Å². The average molecular weight is 821 g/mol. The fraction of sp³-hybridized carbons (Fsp3) is 0.100. The summed E-state index contributed by atoms with van der Waals surface area (Å²) in [4.78, 5) is 0. The van der Waals surface area contributed by atoms with Gasteiger partial charge < -0.3 is 18.3 Å². The second-order valence-corrected chi connectivity index (χ2v) is 17.9. The van der Waals surface area contributed by atoms with Crippen LogP contribution in [-0.4, -0.2) is 18.3 Å². The Hall–Kier alpha value is -7.82. The second-order valence-electron chi connectivity index (χ2n) is 17.9. The Kier molecular flexibility index (Phi) is 7.73. The standard InChI is InChI=1S/C60H44N4/c1-5-17-39(18-6-1)40-29-32-54-48(35-40)50-37-58-51(38-57(50)61(54)41-19-7-2-8-20-41)49-36-44(30-33-55(49)62(58)42-21-9-3-10-22-42)63-53-28-16-14-26-47(53)59-56(63)34-31-46-45-25-13-15-27-52(45)64(60(46)59)43-23-11-4-12-24-43/h2-4,7-16,19-39H,1,5-6,17-18H2. The van der Waals surface area contributed by atoms with Gasteiger partial charge in [0.25, 0.3) is 0 Å². The van der Waals surface area contributed by atoms with Gasteiger partial charge in [-0.25, -0.2) is 0 Å². The van der Waals surface area contributed by atoms with Gasteiger partial charge in [-0.3, -0.25) is 0 Å². The molecule has 1 aliphatic rings. The number of aromatic nitrogens is 4. The lowest BCUT2D eigenvalue weighted by atomic mass is 9.84. The van der Waals surface area contributed by atoms with Gasteiger partial charge in [-0.2, -0.15) is 0 Å². The smallest absolute Gasteiger partial charge is 0.0641 e. The van der Waals surface area contributed by atoms with Crippen molar-refractivity contribution < 1.29 is 0 Å². The summed E-state index contributed by atoms with van der Waals surface area (Å²) >= 11 is 0. The third kappa shape index (κ3) is 5.11. The largest absolute Gasteiger partial charge is 0.309 e. The van der Waals surface area contributed by atoms with Gasteiger partial charge in [-0.1, -0.05) is 122 Å². The van der Waals surface area contributed by atoms with Gasteiger partial charge in [-0.15, -0.1) is 0 Å². The molecular weight excluding hydrogens is 777 g/mol. The lowest BCUT2D eigenvalue weighted by Crippen LogP contribution is -2.04. The number of benzene rings is 9. The molecule has 0 bridgehead atoms. The van der Waals surface area contributed by atoms with E-state index in [0.29, 0.717) is 5.92 Å². The summed E-state index contributed by atoms with van der Waals surface area (Å²) in [6.07, 6.45) is 6.57. The Morgan fingerprint density at radius 2 is 0.750 bits per heavy atom. The van der Waals surface area contributed by atoms with E-state index in [1.807, 2.05) is 0 Å². The molecule has 0 spiro atoms. The predicted molar refractivity (Wildman–Crippen MR) is 270 cm³/mol. The summed E-state index contributed by atoms with van der Waals surface area (Å²) in [7, 11) is 0. The van der Waals surface area contributed by atoms with Gasteiger partial charge in [0, 0.05) is 65.8 Å². The Labute approximate surface area is 370 Å². The molecule has 1 saturated carbocycles. The first kappa shape index (κ1) is 35.7. The fourth-order valence-electron chi connectivity index (χ4n) is 11.7. The average Bonchev–Trinajstić information content (AvgIpc) is 4.08. The predicted octanol–water partition coefficient (Wildman–Crippen LogP) is 16.1. The Bertz CT molecular complexity index is 3970. The summed E-state index contributed by atoms with van der Waals surface area (Å²) in [6, 6.07) is 74.6. The summed E-state index contributed by atoms with van der Waals surface area (Å²) in [5.74, 6) is 0.629. The minimum absolute atomic E-state index is 0.629. The molecule has 1 fully saturated rings. The number of nitrogens with zero attached hydrogens (tertiary/aromatic N) is 4. The van der Waals surface area contributed by atoms with Crippen molar-refractivity contribution >= 4 is 87.2 Å². The van der Waals surface area contributed by atoms with Crippen LogP contribution in [-0.2, 0) is 0 Å². The Morgan fingerprint density at radius 1 is 0.281 bits per heavy atom. The van der Waals surface area contributed by atoms with E-state index in [1.165, 1.54) is 131 Å².